The first-order valence-electron chi connectivity index (χ1n) is 3.79. The number of sulfone groups is 1. The van der Waals surface area contributed by atoms with Gasteiger partial charge in [0.15, 0.2) is 0 Å². The Morgan fingerprint density at radius 2 is 2.20 bits per heavy atom. The molecule has 1 aromatic rings. The third kappa shape index (κ3) is 2.49. The Bertz CT molecular complexity index is 467. The van der Waals surface area contributed by atoms with E-state index >= 15 is 0 Å². The van der Waals surface area contributed by atoms with E-state index in [1.165, 1.54) is 19.2 Å². The number of halogens is 1. The van der Waals surface area contributed by atoms with E-state index in [0.717, 1.165) is 11.3 Å². The monoisotopic (exact) mass is 269 g/mol. The van der Waals surface area contributed by atoms with Gasteiger partial charge in [-0.2, -0.15) is 0 Å². The van der Waals surface area contributed by atoms with Gasteiger partial charge in [-0.05, 0) is 19.2 Å². The maximum Gasteiger partial charge on any atom is 0.336 e. The molecule has 1 aromatic heterocycles. The molecule has 8 heteroatoms. The van der Waals surface area contributed by atoms with Crippen molar-refractivity contribution in [2.24, 2.45) is 0 Å². The largest absolute Gasteiger partial charge is 0.479 e. The maximum atomic E-state index is 11.7. The molecule has 0 saturated heterocycles. The van der Waals surface area contributed by atoms with Gasteiger partial charge in [-0.1, -0.05) is 11.6 Å². The minimum Gasteiger partial charge on any atom is -0.479 e. The van der Waals surface area contributed by atoms with Gasteiger partial charge in [0.25, 0.3) is 0 Å². The molecule has 1 rings (SSSR count). The fraction of sp³-hybridized carbons (Fsp3) is 0.286. The summed E-state index contributed by atoms with van der Waals surface area (Å²) in [5.74, 6) is -1.44. The van der Waals surface area contributed by atoms with Crippen LogP contribution in [0.4, 0.5) is 0 Å². The lowest BCUT2D eigenvalue weighted by Crippen LogP contribution is -2.40. The van der Waals surface area contributed by atoms with Gasteiger partial charge in [0.05, 0.1) is 4.34 Å². The highest BCUT2D eigenvalue weighted by molar-refractivity contribution is 7.94. The molecule has 15 heavy (non-hydrogen) atoms. The number of aliphatic carboxylic acids is 1. The number of hydrogen-bond donors (Lipinski definition) is 2. The second kappa shape index (κ2) is 4.48. The molecule has 0 aromatic carbocycles. The van der Waals surface area contributed by atoms with Gasteiger partial charge in [0.2, 0.25) is 15.2 Å². The molecular formula is C7H8ClNO4S2. The Morgan fingerprint density at radius 3 is 2.53 bits per heavy atom. The number of rotatable bonds is 4. The van der Waals surface area contributed by atoms with Crippen LogP contribution >= 0.6 is 22.9 Å². The summed E-state index contributed by atoms with van der Waals surface area (Å²) in [5.41, 5.74) is 0. The van der Waals surface area contributed by atoms with Crippen molar-refractivity contribution >= 4 is 38.7 Å². The Morgan fingerprint density at radius 1 is 1.60 bits per heavy atom. The molecule has 84 valence electrons. The standard InChI is InChI=1S/C7H8ClNO4S2/c1-9-6(7(10)11)15(12,13)5-3-2-4(8)14-5/h2-3,6,9H,1H3,(H,10,11). The average Bonchev–Trinajstić information content (AvgIpc) is 2.52. The molecule has 0 aliphatic heterocycles. The predicted molar refractivity (Wildman–Crippen MR) is 57.0 cm³/mol. The molecule has 1 heterocycles. The third-order valence-corrected chi connectivity index (χ3v) is 5.35. The van der Waals surface area contributed by atoms with Gasteiger partial charge in [0, 0.05) is 0 Å². The third-order valence-electron chi connectivity index (χ3n) is 1.63. The van der Waals surface area contributed by atoms with Crippen molar-refractivity contribution in [1.82, 2.24) is 5.32 Å². The van der Waals surface area contributed by atoms with Crippen molar-refractivity contribution in [3.8, 4) is 0 Å². The maximum absolute atomic E-state index is 11.7. The van der Waals surface area contributed by atoms with Gasteiger partial charge in [-0.25, -0.2) is 13.2 Å². The van der Waals surface area contributed by atoms with Crippen molar-refractivity contribution in [2.45, 2.75) is 9.58 Å². The SMILES string of the molecule is CNC(C(=O)O)S(=O)(=O)c1ccc(Cl)s1. The molecule has 0 aliphatic rings. The van der Waals surface area contributed by atoms with Crippen LogP contribution in [-0.4, -0.2) is 31.9 Å². The lowest BCUT2D eigenvalue weighted by atomic mass is 10.6. The molecule has 0 radical (unpaired) electrons. The first-order chi connectivity index (χ1) is 6.89. The van der Waals surface area contributed by atoms with Gasteiger partial charge < -0.3 is 5.11 Å². The van der Waals surface area contributed by atoms with Crippen molar-refractivity contribution in [3.63, 3.8) is 0 Å². The van der Waals surface area contributed by atoms with Gasteiger partial charge in [-0.3, -0.25) is 5.32 Å². The lowest BCUT2D eigenvalue weighted by Gasteiger charge is -2.10. The minimum atomic E-state index is -3.91. The molecule has 0 aliphatic carbocycles. The van der Waals surface area contributed by atoms with Crippen molar-refractivity contribution in [3.05, 3.63) is 16.5 Å². The van der Waals surface area contributed by atoms with E-state index in [9.17, 15) is 13.2 Å². The van der Waals surface area contributed by atoms with E-state index in [1.54, 1.807) is 0 Å². The van der Waals surface area contributed by atoms with Crippen LogP contribution in [0.3, 0.4) is 0 Å². The second-order valence-corrected chi connectivity index (χ2v) is 6.59. The van der Waals surface area contributed by atoms with E-state index < -0.39 is 21.2 Å². The number of thiophene rings is 1. The number of carboxylic acid groups (broad SMARTS) is 1. The number of nitrogens with one attached hydrogen (secondary N) is 1. The van der Waals surface area contributed by atoms with Crippen LogP contribution in [0.2, 0.25) is 4.34 Å². The minimum absolute atomic E-state index is 0.0609. The Hall–Kier alpha value is -0.630. The molecule has 5 nitrogen and oxygen atoms in total. The highest BCUT2D eigenvalue weighted by atomic mass is 35.5. The Labute approximate surface area is 95.6 Å². The number of hydrogen-bond acceptors (Lipinski definition) is 5. The van der Waals surface area contributed by atoms with Gasteiger partial charge in [-0.15, -0.1) is 11.3 Å². The van der Waals surface area contributed by atoms with Crippen LogP contribution in [0, 0.1) is 0 Å². The molecule has 1 atom stereocenters. The normalized spacial score (nSPS) is 13.7. The smallest absolute Gasteiger partial charge is 0.336 e. The topological polar surface area (TPSA) is 83.5 Å². The summed E-state index contributed by atoms with van der Waals surface area (Å²) in [4.78, 5) is 10.7. The zero-order valence-corrected chi connectivity index (χ0v) is 9.99. The summed E-state index contributed by atoms with van der Waals surface area (Å²) in [7, 11) is -2.64. The van der Waals surface area contributed by atoms with Crippen LogP contribution in [0.5, 0.6) is 0 Å². The fourth-order valence-electron chi connectivity index (χ4n) is 0.978. The summed E-state index contributed by atoms with van der Waals surface area (Å²) in [5, 5.41) is 9.29. The Balaban J connectivity index is 3.17. The van der Waals surface area contributed by atoms with Gasteiger partial charge in [0.1, 0.15) is 4.21 Å². The fourth-order valence-corrected chi connectivity index (χ4v) is 3.98. The van der Waals surface area contributed by atoms with Crippen molar-refractivity contribution < 1.29 is 18.3 Å². The molecule has 0 saturated carbocycles. The van der Waals surface area contributed by atoms with Crippen molar-refractivity contribution in [1.29, 1.82) is 0 Å². The van der Waals surface area contributed by atoms with Crippen LogP contribution in [0.1, 0.15) is 0 Å². The first kappa shape index (κ1) is 12.4. The molecule has 0 spiro atoms. The number of likely N-dealkylation sites (N-methyl/N-ethyl adjacent to an activating group) is 1. The summed E-state index contributed by atoms with van der Waals surface area (Å²) in [6.45, 7) is 0. The Kier molecular flexibility index (Phi) is 3.72. The molecule has 0 bridgehead atoms. The number of carbonyl (C=O) groups is 1. The highest BCUT2D eigenvalue weighted by Crippen LogP contribution is 2.27. The summed E-state index contributed by atoms with van der Waals surface area (Å²) in [6, 6.07) is 2.70. The second-order valence-electron chi connectivity index (χ2n) is 2.61. The molecule has 1 unspecified atom stereocenters. The molecule has 0 amide bonds. The molecular weight excluding hydrogens is 262 g/mol. The zero-order valence-electron chi connectivity index (χ0n) is 7.60. The van der Waals surface area contributed by atoms with E-state index in [1.807, 2.05) is 0 Å². The zero-order chi connectivity index (χ0) is 11.6. The van der Waals surface area contributed by atoms with Crippen molar-refractivity contribution in [2.75, 3.05) is 7.05 Å². The summed E-state index contributed by atoms with van der Waals surface area (Å²) >= 11 is 6.41. The average molecular weight is 270 g/mol. The van der Waals surface area contributed by atoms with E-state index in [4.69, 9.17) is 16.7 Å². The van der Waals surface area contributed by atoms with E-state index in [-0.39, 0.29) is 4.21 Å². The predicted octanol–water partition coefficient (Wildman–Crippen LogP) is 0.805. The molecule has 0 fully saturated rings. The van der Waals surface area contributed by atoms with E-state index in [2.05, 4.69) is 5.32 Å². The van der Waals surface area contributed by atoms with Crippen LogP contribution in [-0.2, 0) is 14.6 Å². The first-order valence-corrected chi connectivity index (χ1v) is 6.53. The van der Waals surface area contributed by atoms with Gasteiger partial charge >= 0.3 is 5.97 Å². The summed E-state index contributed by atoms with van der Waals surface area (Å²) < 4.78 is 23.7. The number of carboxylic acids is 1. The lowest BCUT2D eigenvalue weighted by molar-refractivity contribution is -0.137. The van der Waals surface area contributed by atoms with Crippen LogP contribution < -0.4 is 5.32 Å². The summed E-state index contributed by atoms with van der Waals surface area (Å²) in [6.07, 6.45) is 0. The molecule has 2 N–H and O–H groups in total. The highest BCUT2D eigenvalue weighted by Gasteiger charge is 2.33. The van der Waals surface area contributed by atoms with E-state index in [0.29, 0.717) is 4.34 Å². The van der Waals surface area contributed by atoms with Crippen LogP contribution in [0.15, 0.2) is 16.3 Å². The van der Waals surface area contributed by atoms with Crippen LogP contribution in [0.25, 0.3) is 0 Å². The quantitative estimate of drug-likeness (QED) is 0.845.